The molecule has 0 aliphatic rings. The van der Waals surface area contributed by atoms with E-state index in [0.29, 0.717) is 13.0 Å². The molecule has 3 aromatic rings. The van der Waals surface area contributed by atoms with Crippen molar-refractivity contribution in [2.45, 2.75) is 38.6 Å². The summed E-state index contributed by atoms with van der Waals surface area (Å²) in [5, 5.41) is 13.8. The highest BCUT2D eigenvalue weighted by Gasteiger charge is 2.26. The van der Waals surface area contributed by atoms with Gasteiger partial charge in [-0.15, -0.1) is 0 Å². The minimum Gasteiger partial charge on any atom is -0.445 e. The number of nitrogens with zero attached hydrogens (tertiary/aromatic N) is 1. The molecule has 0 saturated heterocycles. The Morgan fingerprint density at radius 3 is 1.91 bits per heavy atom. The van der Waals surface area contributed by atoms with Crippen LogP contribution in [0.3, 0.4) is 0 Å². The van der Waals surface area contributed by atoms with Crippen molar-refractivity contribution in [1.29, 1.82) is 0 Å². The van der Waals surface area contributed by atoms with Gasteiger partial charge in [0.1, 0.15) is 6.61 Å². The minimum absolute atomic E-state index is 0.0840. The van der Waals surface area contributed by atoms with E-state index in [0.717, 1.165) is 16.7 Å². The Labute approximate surface area is 194 Å². The fourth-order valence-electron chi connectivity index (χ4n) is 3.53. The molecule has 0 aromatic heterocycles. The van der Waals surface area contributed by atoms with Crippen LogP contribution < -0.4 is 5.32 Å². The van der Waals surface area contributed by atoms with E-state index in [1.54, 1.807) is 4.90 Å². The maximum absolute atomic E-state index is 12.5. The number of alkyl carbamates (subject to hydrolysis) is 1. The summed E-state index contributed by atoms with van der Waals surface area (Å²) in [7, 11) is 0. The molecule has 6 heteroatoms. The minimum atomic E-state index is -0.984. The van der Waals surface area contributed by atoms with Gasteiger partial charge in [-0.25, -0.2) is 4.79 Å². The first-order valence-corrected chi connectivity index (χ1v) is 11.0. The van der Waals surface area contributed by atoms with Crippen LogP contribution in [-0.2, 0) is 29.1 Å². The highest BCUT2D eigenvalue weighted by Crippen LogP contribution is 2.12. The summed E-state index contributed by atoms with van der Waals surface area (Å²) < 4.78 is 5.35. The summed E-state index contributed by atoms with van der Waals surface area (Å²) in [4.78, 5) is 26.3. The number of aliphatic hydroxyl groups is 1. The molecular formula is C27H30N2O4. The molecule has 3 rings (SSSR count). The first kappa shape index (κ1) is 24.0. The van der Waals surface area contributed by atoms with Crippen molar-refractivity contribution in [3.05, 3.63) is 108 Å². The molecule has 0 radical (unpaired) electrons. The van der Waals surface area contributed by atoms with E-state index in [2.05, 4.69) is 5.32 Å². The lowest BCUT2D eigenvalue weighted by Crippen LogP contribution is -2.50. The molecule has 0 aliphatic heterocycles. The van der Waals surface area contributed by atoms with Gasteiger partial charge in [0.15, 0.2) is 0 Å². The van der Waals surface area contributed by atoms with Gasteiger partial charge < -0.3 is 20.1 Å². The largest absolute Gasteiger partial charge is 0.445 e. The van der Waals surface area contributed by atoms with Crippen molar-refractivity contribution < 1.29 is 19.4 Å². The molecular weight excluding hydrogens is 416 g/mol. The van der Waals surface area contributed by atoms with E-state index in [9.17, 15) is 14.7 Å². The Hall–Kier alpha value is -3.64. The smallest absolute Gasteiger partial charge is 0.407 e. The first-order chi connectivity index (χ1) is 16.0. The number of benzene rings is 3. The Morgan fingerprint density at radius 2 is 1.36 bits per heavy atom. The summed E-state index contributed by atoms with van der Waals surface area (Å²) >= 11 is 0. The van der Waals surface area contributed by atoms with Crippen molar-refractivity contribution in [2.24, 2.45) is 0 Å². The van der Waals surface area contributed by atoms with E-state index < -0.39 is 18.2 Å². The molecule has 0 aliphatic carbocycles. The van der Waals surface area contributed by atoms with Crippen LogP contribution in [0.2, 0.25) is 0 Å². The van der Waals surface area contributed by atoms with E-state index in [-0.39, 0.29) is 19.1 Å². The number of carbonyl (C=O) groups is 2. The third-order valence-corrected chi connectivity index (χ3v) is 5.35. The number of amides is 2. The molecule has 0 heterocycles. The zero-order chi connectivity index (χ0) is 23.5. The van der Waals surface area contributed by atoms with Crippen LogP contribution in [0.25, 0.3) is 0 Å². The van der Waals surface area contributed by atoms with E-state index in [4.69, 9.17) is 4.74 Å². The number of aliphatic hydroxyl groups excluding tert-OH is 1. The van der Waals surface area contributed by atoms with Crippen molar-refractivity contribution in [3.8, 4) is 0 Å². The van der Waals surface area contributed by atoms with Crippen LogP contribution >= 0.6 is 0 Å². The zero-order valence-corrected chi connectivity index (χ0v) is 18.8. The molecule has 2 atom stereocenters. The van der Waals surface area contributed by atoms with Crippen molar-refractivity contribution in [1.82, 2.24) is 10.2 Å². The molecule has 2 N–H and O–H groups in total. The van der Waals surface area contributed by atoms with Crippen LogP contribution in [0.5, 0.6) is 0 Å². The van der Waals surface area contributed by atoms with Crippen molar-refractivity contribution >= 4 is 12.0 Å². The van der Waals surface area contributed by atoms with Crippen molar-refractivity contribution in [2.75, 3.05) is 6.54 Å². The number of carbonyl (C=O) groups excluding carboxylic acids is 2. The lowest BCUT2D eigenvalue weighted by atomic mass is 10.0. The van der Waals surface area contributed by atoms with Gasteiger partial charge in [0.2, 0.25) is 5.91 Å². The van der Waals surface area contributed by atoms with Gasteiger partial charge in [0.25, 0.3) is 0 Å². The van der Waals surface area contributed by atoms with Gasteiger partial charge >= 0.3 is 6.09 Å². The van der Waals surface area contributed by atoms with Gasteiger partial charge in [0.05, 0.1) is 12.1 Å². The Balaban J connectivity index is 1.67. The average molecular weight is 447 g/mol. The predicted octanol–water partition coefficient (Wildman–Crippen LogP) is 3.93. The van der Waals surface area contributed by atoms with Gasteiger partial charge in [-0.05, 0) is 23.1 Å². The predicted molar refractivity (Wildman–Crippen MR) is 127 cm³/mol. The normalized spacial score (nSPS) is 12.4. The van der Waals surface area contributed by atoms with Gasteiger partial charge in [-0.1, -0.05) is 91.0 Å². The first-order valence-electron chi connectivity index (χ1n) is 11.0. The molecule has 3 aromatic carbocycles. The van der Waals surface area contributed by atoms with Crippen LogP contribution in [0.1, 0.15) is 23.6 Å². The second kappa shape index (κ2) is 12.4. The Kier molecular flexibility index (Phi) is 9.03. The molecule has 33 heavy (non-hydrogen) atoms. The summed E-state index contributed by atoms with van der Waals surface area (Å²) in [5.74, 6) is -0.150. The molecule has 0 saturated carbocycles. The topological polar surface area (TPSA) is 78.9 Å². The maximum atomic E-state index is 12.5. The number of nitrogens with one attached hydrogen (secondary N) is 1. The van der Waals surface area contributed by atoms with E-state index in [1.165, 1.54) is 6.92 Å². The summed E-state index contributed by atoms with van der Waals surface area (Å²) in [6, 6.07) is 28.0. The third-order valence-electron chi connectivity index (χ3n) is 5.35. The Morgan fingerprint density at radius 1 is 0.848 bits per heavy atom. The zero-order valence-electron chi connectivity index (χ0n) is 18.8. The van der Waals surface area contributed by atoms with Crippen molar-refractivity contribution in [3.63, 3.8) is 0 Å². The number of hydrogen-bond donors (Lipinski definition) is 2. The summed E-state index contributed by atoms with van der Waals surface area (Å²) in [6.07, 6.45) is -1.20. The van der Waals surface area contributed by atoms with Gasteiger partial charge in [-0.2, -0.15) is 0 Å². The van der Waals surface area contributed by atoms with Crippen LogP contribution in [0, 0.1) is 0 Å². The summed E-state index contributed by atoms with van der Waals surface area (Å²) in [6.45, 7) is 2.07. The van der Waals surface area contributed by atoms with Crippen LogP contribution in [0.15, 0.2) is 91.0 Å². The standard InChI is InChI=1S/C27H30N2O4/c1-21(30)29(18-23-13-7-3-8-14-23)19-26(31)25(17-22-11-5-2-6-12-22)28-27(32)33-20-24-15-9-4-10-16-24/h2-16,25-26,31H,17-20H2,1H3,(H,28,32)/t25-,26?/m0/s1. The average Bonchev–Trinajstić information content (AvgIpc) is 2.84. The molecule has 2 amide bonds. The SMILES string of the molecule is CC(=O)N(Cc1ccccc1)CC(O)[C@H](Cc1ccccc1)NC(=O)OCc1ccccc1. The van der Waals surface area contributed by atoms with Crippen LogP contribution in [0.4, 0.5) is 4.79 Å². The number of hydrogen-bond acceptors (Lipinski definition) is 4. The van der Waals surface area contributed by atoms with Crippen LogP contribution in [-0.4, -0.2) is 40.7 Å². The summed E-state index contributed by atoms with van der Waals surface area (Å²) in [5.41, 5.74) is 2.80. The highest BCUT2D eigenvalue weighted by molar-refractivity contribution is 5.73. The molecule has 0 bridgehead atoms. The molecule has 172 valence electrons. The van der Waals surface area contributed by atoms with Gasteiger partial charge in [-0.3, -0.25) is 4.79 Å². The molecule has 0 fully saturated rings. The Bertz CT molecular complexity index is 996. The number of ether oxygens (including phenoxy) is 1. The fourth-order valence-corrected chi connectivity index (χ4v) is 3.53. The second-order valence-electron chi connectivity index (χ2n) is 7.95. The number of rotatable bonds is 10. The third kappa shape index (κ3) is 8.09. The second-order valence-corrected chi connectivity index (χ2v) is 7.95. The molecule has 1 unspecified atom stereocenters. The lowest BCUT2D eigenvalue weighted by Gasteiger charge is -2.29. The monoisotopic (exact) mass is 446 g/mol. The molecule has 6 nitrogen and oxygen atoms in total. The van der Waals surface area contributed by atoms with Gasteiger partial charge in [0, 0.05) is 20.0 Å². The molecule has 0 spiro atoms. The maximum Gasteiger partial charge on any atom is 0.407 e. The van der Waals surface area contributed by atoms with E-state index in [1.807, 2.05) is 91.0 Å². The lowest BCUT2D eigenvalue weighted by molar-refractivity contribution is -0.131. The highest BCUT2D eigenvalue weighted by atomic mass is 16.5. The quantitative estimate of drug-likeness (QED) is 0.495. The fraction of sp³-hybridized carbons (Fsp3) is 0.259. The van der Waals surface area contributed by atoms with E-state index >= 15 is 0 Å².